The van der Waals surface area contributed by atoms with Gasteiger partial charge in [0, 0.05) is 12.2 Å². The largest absolute Gasteiger partial charge is 0.338 e. The van der Waals surface area contributed by atoms with E-state index in [9.17, 15) is 13.2 Å². The number of hydrogen-bond acceptors (Lipinski definition) is 3. The first-order valence-corrected chi connectivity index (χ1v) is 8.98. The van der Waals surface area contributed by atoms with Gasteiger partial charge in [0.25, 0.3) is 0 Å². The molecule has 0 aliphatic carbocycles. The van der Waals surface area contributed by atoms with Gasteiger partial charge in [0.1, 0.15) is 0 Å². The number of rotatable bonds is 6. The Morgan fingerprint density at radius 1 is 1.00 bits per heavy atom. The molecule has 0 aromatic heterocycles. The summed E-state index contributed by atoms with van der Waals surface area (Å²) in [5, 5.41) is 5.43. The molecule has 0 saturated heterocycles. The first kappa shape index (κ1) is 16.8. The van der Waals surface area contributed by atoms with Crippen LogP contribution in [0.2, 0.25) is 0 Å². The van der Waals surface area contributed by atoms with Crippen LogP contribution in [0.25, 0.3) is 0 Å². The van der Waals surface area contributed by atoms with E-state index >= 15 is 0 Å². The zero-order valence-corrected chi connectivity index (χ0v) is 13.6. The molecular weight excluding hydrogens is 314 g/mol. The Hall–Kier alpha value is -2.54. The van der Waals surface area contributed by atoms with Crippen molar-refractivity contribution < 1.29 is 13.2 Å². The van der Waals surface area contributed by atoms with Gasteiger partial charge in [-0.3, -0.25) is 4.72 Å². The van der Waals surface area contributed by atoms with Crippen LogP contribution in [0.1, 0.15) is 5.56 Å². The standard InChI is InChI=1S/C16H19N3O3S/c1-23(21,22)19-15-9-5-8-14(12-15)18-16(20)17-11-10-13-6-3-2-4-7-13/h2-9,12,19H,10-11H2,1H3,(H2,17,18,20). The van der Waals surface area contributed by atoms with Gasteiger partial charge in [-0.15, -0.1) is 0 Å². The van der Waals surface area contributed by atoms with Crippen LogP contribution in [0.5, 0.6) is 0 Å². The van der Waals surface area contributed by atoms with Crippen molar-refractivity contribution in [2.45, 2.75) is 6.42 Å². The molecule has 0 atom stereocenters. The predicted molar refractivity (Wildman–Crippen MR) is 92.1 cm³/mol. The van der Waals surface area contributed by atoms with Crippen LogP contribution in [0.4, 0.5) is 16.2 Å². The zero-order chi connectivity index (χ0) is 16.7. The number of sulfonamides is 1. The van der Waals surface area contributed by atoms with E-state index in [0.29, 0.717) is 17.9 Å². The molecule has 0 aliphatic rings. The van der Waals surface area contributed by atoms with Gasteiger partial charge in [-0.2, -0.15) is 0 Å². The molecule has 0 radical (unpaired) electrons. The van der Waals surface area contributed by atoms with Crippen molar-refractivity contribution in [3.63, 3.8) is 0 Å². The summed E-state index contributed by atoms with van der Waals surface area (Å²) in [6.07, 6.45) is 1.81. The van der Waals surface area contributed by atoms with Crippen molar-refractivity contribution in [2.24, 2.45) is 0 Å². The quantitative estimate of drug-likeness (QED) is 0.759. The fourth-order valence-electron chi connectivity index (χ4n) is 2.01. The lowest BCUT2D eigenvalue weighted by atomic mass is 10.1. The van der Waals surface area contributed by atoms with Crippen LogP contribution in [0.3, 0.4) is 0 Å². The number of carbonyl (C=O) groups is 1. The summed E-state index contributed by atoms with van der Waals surface area (Å²) in [4.78, 5) is 11.8. The second kappa shape index (κ2) is 7.64. The molecule has 0 fully saturated rings. The Morgan fingerprint density at radius 3 is 2.39 bits per heavy atom. The van der Waals surface area contributed by atoms with E-state index in [1.807, 2.05) is 30.3 Å². The van der Waals surface area contributed by atoms with Crippen molar-refractivity contribution >= 4 is 27.4 Å². The highest BCUT2D eigenvalue weighted by Crippen LogP contribution is 2.15. The summed E-state index contributed by atoms with van der Waals surface area (Å²) in [6, 6.07) is 16.0. The third-order valence-corrected chi connectivity index (χ3v) is 3.57. The maximum Gasteiger partial charge on any atom is 0.319 e. The molecule has 0 unspecified atom stereocenters. The summed E-state index contributed by atoms with van der Waals surface area (Å²) >= 11 is 0. The van der Waals surface area contributed by atoms with E-state index in [1.165, 1.54) is 0 Å². The first-order valence-electron chi connectivity index (χ1n) is 7.09. The third-order valence-electron chi connectivity index (χ3n) is 2.97. The maximum absolute atomic E-state index is 11.8. The second-order valence-corrected chi connectivity index (χ2v) is 6.82. The normalized spacial score (nSPS) is 10.8. The topological polar surface area (TPSA) is 87.3 Å². The van der Waals surface area contributed by atoms with Crippen molar-refractivity contribution in [2.75, 3.05) is 22.8 Å². The summed E-state index contributed by atoms with van der Waals surface area (Å²) in [5.41, 5.74) is 2.05. The number of nitrogens with one attached hydrogen (secondary N) is 3. The number of hydrogen-bond donors (Lipinski definition) is 3. The van der Waals surface area contributed by atoms with Gasteiger partial charge in [-0.1, -0.05) is 36.4 Å². The number of benzene rings is 2. The fraction of sp³-hybridized carbons (Fsp3) is 0.188. The van der Waals surface area contributed by atoms with Crippen molar-refractivity contribution in [3.05, 3.63) is 60.2 Å². The highest BCUT2D eigenvalue weighted by atomic mass is 32.2. The van der Waals surface area contributed by atoms with Crippen LogP contribution >= 0.6 is 0 Å². The van der Waals surface area contributed by atoms with Gasteiger partial charge in [-0.05, 0) is 30.2 Å². The van der Waals surface area contributed by atoms with Crippen LogP contribution in [-0.2, 0) is 16.4 Å². The highest BCUT2D eigenvalue weighted by molar-refractivity contribution is 7.92. The Balaban J connectivity index is 1.84. The van der Waals surface area contributed by atoms with E-state index in [2.05, 4.69) is 15.4 Å². The van der Waals surface area contributed by atoms with Crippen molar-refractivity contribution in [1.82, 2.24) is 5.32 Å². The lowest BCUT2D eigenvalue weighted by molar-refractivity contribution is 0.252. The van der Waals surface area contributed by atoms with Crippen LogP contribution < -0.4 is 15.4 Å². The van der Waals surface area contributed by atoms with Gasteiger partial charge in [0.2, 0.25) is 10.0 Å². The smallest absolute Gasteiger partial charge is 0.319 e. The fourth-order valence-corrected chi connectivity index (χ4v) is 2.57. The lowest BCUT2D eigenvalue weighted by Gasteiger charge is -2.09. The minimum atomic E-state index is -3.35. The Morgan fingerprint density at radius 2 is 1.70 bits per heavy atom. The third kappa shape index (κ3) is 6.39. The Kier molecular flexibility index (Phi) is 5.59. The number of amides is 2. The maximum atomic E-state index is 11.8. The van der Waals surface area contributed by atoms with E-state index in [-0.39, 0.29) is 6.03 Å². The number of anilines is 2. The molecule has 0 aliphatic heterocycles. The number of carbonyl (C=O) groups excluding carboxylic acids is 1. The first-order chi connectivity index (χ1) is 10.9. The molecule has 0 bridgehead atoms. The van der Waals surface area contributed by atoms with Gasteiger partial charge in [0.15, 0.2) is 0 Å². The van der Waals surface area contributed by atoms with Gasteiger partial charge in [0.05, 0.1) is 11.9 Å². The Labute approximate surface area is 136 Å². The Bertz CT molecular complexity index is 761. The SMILES string of the molecule is CS(=O)(=O)Nc1cccc(NC(=O)NCCc2ccccc2)c1. The van der Waals surface area contributed by atoms with Crippen molar-refractivity contribution in [3.8, 4) is 0 Å². The van der Waals surface area contributed by atoms with E-state index < -0.39 is 10.0 Å². The molecule has 2 rings (SSSR count). The second-order valence-electron chi connectivity index (χ2n) is 5.07. The van der Waals surface area contributed by atoms with Crippen LogP contribution in [-0.4, -0.2) is 27.2 Å². The lowest BCUT2D eigenvalue weighted by Crippen LogP contribution is -2.30. The summed E-state index contributed by atoms with van der Waals surface area (Å²) in [6.45, 7) is 0.511. The molecule has 122 valence electrons. The van der Waals surface area contributed by atoms with Crippen LogP contribution in [0, 0.1) is 0 Å². The van der Waals surface area contributed by atoms with Crippen molar-refractivity contribution in [1.29, 1.82) is 0 Å². The molecule has 23 heavy (non-hydrogen) atoms. The predicted octanol–water partition coefficient (Wildman–Crippen LogP) is 2.42. The molecule has 2 aromatic rings. The molecule has 0 heterocycles. The molecule has 2 aromatic carbocycles. The minimum absolute atomic E-state index is 0.336. The monoisotopic (exact) mass is 333 g/mol. The van der Waals surface area contributed by atoms with Gasteiger partial charge >= 0.3 is 6.03 Å². The van der Waals surface area contributed by atoms with Crippen LogP contribution in [0.15, 0.2) is 54.6 Å². The molecular formula is C16H19N3O3S. The minimum Gasteiger partial charge on any atom is -0.338 e. The molecule has 0 saturated carbocycles. The zero-order valence-electron chi connectivity index (χ0n) is 12.7. The average Bonchev–Trinajstić information content (AvgIpc) is 2.47. The van der Waals surface area contributed by atoms with E-state index in [1.54, 1.807) is 24.3 Å². The number of urea groups is 1. The molecule has 6 nitrogen and oxygen atoms in total. The summed E-state index contributed by atoms with van der Waals surface area (Å²) < 4.78 is 24.8. The van der Waals surface area contributed by atoms with E-state index in [4.69, 9.17) is 0 Å². The van der Waals surface area contributed by atoms with Gasteiger partial charge < -0.3 is 10.6 Å². The van der Waals surface area contributed by atoms with E-state index in [0.717, 1.165) is 18.2 Å². The average molecular weight is 333 g/mol. The highest BCUT2D eigenvalue weighted by Gasteiger charge is 2.05. The molecule has 2 amide bonds. The molecule has 7 heteroatoms. The molecule has 0 spiro atoms. The molecule has 3 N–H and O–H groups in total. The summed E-state index contributed by atoms with van der Waals surface area (Å²) in [5.74, 6) is 0. The van der Waals surface area contributed by atoms with Gasteiger partial charge in [-0.25, -0.2) is 13.2 Å². The summed E-state index contributed by atoms with van der Waals surface area (Å²) in [7, 11) is -3.35.